The first kappa shape index (κ1) is 17.4. The van der Waals surface area contributed by atoms with E-state index in [0.29, 0.717) is 6.54 Å². The van der Waals surface area contributed by atoms with Crippen LogP contribution < -0.4 is 10.6 Å². The first-order valence-electron chi connectivity index (χ1n) is 6.19. The molecule has 0 saturated heterocycles. The van der Waals surface area contributed by atoms with E-state index in [1.807, 2.05) is 6.92 Å². The van der Waals surface area contributed by atoms with Gasteiger partial charge in [-0.05, 0) is 20.3 Å². The van der Waals surface area contributed by atoms with E-state index in [4.69, 9.17) is 5.11 Å². The highest BCUT2D eigenvalue weighted by Crippen LogP contribution is 2.01. The molecule has 3 N–H and O–H groups in total. The van der Waals surface area contributed by atoms with Gasteiger partial charge in [-0.15, -0.1) is 0 Å². The number of amides is 2. The number of rotatable bonds is 8. The van der Waals surface area contributed by atoms with Crippen molar-refractivity contribution in [3.8, 4) is 0 Å². The molecule has 0 radical (unpaired) electrons. The van der Waals surface area contributed by atoms with E-state index in [9.17, 15) is 14.4 Å². The summed E-state index contributed by atoms with van der Waals surface area (Å²) < 4.78 is 0. The minimum absolute atomic E-state index is 0.0337. The summed E-state index contributed by atoms with van der Waals surface area (Å²) in [5.74, 6) is -1.60. The number of hydrogen-bond acceptors (Lipinski definition) is 4. The van der Waals surface area contributed by atoms with Gasteiger partial charge in [-0.2, -0.15) is 0 Å². The first-order chi connectivity index (χ1) is 8.70. The van der Waals surface area contributed by atoms with Crippen LogP contribution in [0.25, 0.3) is 0 Å². The van der Waals surface area contributed by atoms with Gasteiger partial charge in [0.25, 0.3) is 0 Å². The minimum atomic E-state index is -1.18. The van der Waals surface area contributed by atoms with Gasteiger partial charge in [0.2, 0.25) is 11.8 Å². The molecule has 0 bridgehead atoms. The quantitative estimate of drug-likeness (QED) is 0.550. The molecule has 0 rings (SSSR count). The van der Waals surface area contributed by atoms with Crippen LogP contribution in [0.15, 0.2) is 0 Å². The lowest BCUT2D eigenvalue weighted by molar-refractivity contribution is -0.144. The zero-order chi connectivity index (χ0) is 15.1. The molecule has 110 valence electrons. The van der Waals surface area contributed by atoms with Crippen LogP contribution in [-0.4, -0.2) is 60.0 Å². The van der Waals surface area contributed by atoms with Gasteiger partial charge in [0.15, 0.2) is 0 Å². The zero-order valence-electron chi connectivity index (χ0n) is 11.9. The Kier molecular flexibility index (Phi) is 7.06. The molecule has 2 amide bonds. The second kappa shape index (κ2) is 7.73. The van der Waals surface area contributed by atoms with E-state index >= 15 is 0 Å². The number of carbonyl (C=O) groups is 3. The van der Waals surface area contributed by atoms with Gasteiger partial charge in [0.1, 0.15) is 5.54 Å². The fourth-order valence-corrected chi connectivity index (χ4v) is 1.13. The Labute approximate surface area is 113 Å². The summed E-state index contributed by atoms with van der Waals surface area (Å²) in [5.41, 5.74) is -1.18. The van der Waals surface area contributed by atoms with Gasteiger partial charge in [-0.1, -0.05) is 6.92 Å². The molecule has 0 aromatic heterocycles. The van der Waals surface area contributed by atoms with Crippen LogP contribution in [0.5, 0.6) is 0 Å². The maximum Gasteiger partial charge on any atom is 0.323 e. The first-order valence-corrected chi connectivity index (χ1v) is 6.19. The molecule has 0 aliphatic carbocycles. The minimum Gasteiger partial charge on any atom is -0.480 e. The molecular weight excluding hydrogens is 250 g/mol. The summed E-state index contributed by atoms with van der Waals surface area (Å²) in [5, 5.41) is 14.2. The normalized spacial score (nSPS) is 10.9. The maximum atomic E-state index is 11.7. The van der Waals surface area contributed by atoms with Gasteiger partial charge in [0.05, 0.1) is 13.1 Å². The van der Waals surface area contributed by atoms with Gasteiger partial charge in [0, 0.05) is 13.6 Å². The Bertz CT molecular complexity index is 342. The summed E-state index contributed by atoms with van der Waals surface area (Å²) in [6.45, 7) is 5.29. The van der Waals surface area contributed by atoms with Gasteiger partial charge in [-0.3, -0.25) is 19.7 Å². The number of carbonyl (C=O) groups excluding carboxylic acids is 2. The summed E-state index contributed by atoms with van der Waals surface area (Å²) >= 11 is 0. The third-order valence-corrected chi connectivity index (χ3v) is 2.59. The number of nitrogens with zero attached hydrogens (tertiary/aromatic N) is 1. The second-order valence-electron chi connectivity index (χ2n) is 4.88. The Hall–Kier alpha value is -1.63. The van der Waals surface area contributed by atoms with Crippen LogP contribution in [0.1, 0.15) is 27.2 Å². The molecule has 0 aliphatic rings. The Morgan fingerprint density at radius 2 is 1.84 bits per heavy atom. The summed E-state index contributed by atoms with van der Waals surface area (Å²) in [7, 11) is 1.50. The molecule has 7 heteroatoms. The van der Waals surface area contributed by atoms with Crippen molar-refractivity contribution in [3.63, 3.8) is 0 Å². The molecule has 19 heavy (non-hydrogen) atoms. The third-order valence-electron chi connectivity index (χ3n) is 2.59. The fraction of sp³-hybridized carbons (Fsp3) is 0.750. The van der Waals surface area contributed by atoms with Crippen LogP contribution >= 0.6 is 0 Å². The molecule has 0 spiro atoms. The van der Waals surface area contributed by atoms with Gasteiger partial charge in [-0.25, -0.2) is 0 Å². The standard InChI is InChI=1S/C12H23N3O4/c1-5-6-13-9(16)8-15(4)10(17)7-14-12(2,3)11(18)19/h14H,5-8H2,1-4H3,(H,13,16)(H,18,19). The van der Waals surface area contributed by atoms with Crippen molar-refractivity contribution in [2.45, 2.75) is 32.7 Å². The molecule has 0 saturated carbocycles. The van der Waals surface area contributed by atoms with Crippen LogP contribution in [0.2, 0.25) is 0 Å². The van der Waals surface area contributed by atoms with E-state index in [-0.39, 0.29) is 24.9 Å². The average molecular weight is 273 g/mol. The third kappa shape index (κ3) is 6.76. The molecule has 0 unspecified atom stereocenters. The van der Waals surface area contributed by atoms with Gasteiger partial charge < -0.3 is 15.3 Å². The number of aliphatic carboxylic acids is 1. The summed E-state index contributed by atoms with van der Waals surface area (Å²) in [6.07, 6.45) is 0.831. The predicted octanol–water partition coefficient (Wildman–Crippen LogP) is -0.576. The van der Waals surface area contributed by atoms with Crippen LogP contribution in [0.4, 0.5) is 0 Å². The van der Waals surface area contributed by atoms with Crippen molar-refractivity contribution >= 4 is 17.8 Å². The molecule has 0 fully saturated rings. The molecule has 0 aromatic carbocycles. The van der Waals surface area contributed by atoms with Crippen molar-refractivity contribution in [1.82, 2.24) is 15.5 Å². The SMILES string of the molecule is CCCNC(=O)CN(C)C(=O)CNC(C)(C)C(=O)O. The lowest BCUT2D eigenvalue weighted by Crippen LogP contribution is -2.51. The largest absolute Gasteiger partial charge is 0.480 e. The highest BCUT2D eigenvalue weighted by atomic mass is 16.4. The number of hydrogen-bond donors (Lipinski definition) is 3. The van der Waals surface area contributed by atoms with Crippen LogP contribution in [0, 0.1) is 0 Å². The fourth-order valence-electron chi connectivity index (χ4n) is 1.13. The topological polar surface area (TPSA) is 98.7 Å². The van der Waals surface area contributed by atoms with Crippen molar-refractivity contribution in [2.75, 3.05) is 26.7 Å². The van der Waals surface area contributed by atoms with E-state index in [2.05, 4.69) is 10.6 Å². The molecule has 0 aromatic rings. The molecule has 7 nitrogen and oxygen atoms in total. The van der Waals surface area contributed by atoms with Crippen LogP contribution in [0.3, 0.4) is 0 Å². The monoisotopic (exact) mass is 273 g/mol. The second-order valence-corrected chi connectivity index (χ2v) is 4.88. The Morgan fingerprint density at radius 3 is 2.32 bits per heavy atom. The predicted molar refractivity (Wildman–Crippen MR) is 70.7 cm³/mol. The van der Waals surface area contributed by atoms with E-state index in [1.165, 1.54) is 25.8 Å². The zero-order valence-corrected chi connectivity index (χ0v) is 11.9. The lowest BCUT2D eigenvalue weighted by Gasteiger charge is -2.23. The highest BCUT2D eigenvalue weighted by Gasteiger charge is 2.27. The smallest absolute Gasteiger partial charge is 0.323 e. The molecular formula is C12H23N3O4. The number of likely N-dealkylation sites (N-methyl/N-ethyl adjacent to an activating group) is 1. The van der Waals surface area contributed by atoms with Crippen LogP contribution in [-0.2, 0) is 14.4 Å². The van der Waals surface area contributed by atoms with Crippen molar-refractivity contribution in [3.05, 3.63) is 0 Å². The molecule has 0 atom stereocenters. The van der Waals surface area contributed by atoms with Crippen molar-refractivity contribution < 1.29 is 19.5 Å². The van der Waals surface area contributed by atoms with Crippen molar-refractivity contribution in [2.24, 2.45) is 0 Å². The van der Waals surface area contributed by atoms with E-state index in [1.54, 1.807) is 0 Å². The molecule has 0 heterocycles. The van der Waals surface area contributed by atoms with Crippen molar-refractivity contribution in [1.29, 1.82) is 0 Å². The lowest BCUT2D eigenvalue weighted by atomic mass is 10.1. The number of carboxylic acid groups (broad SMARTS) is 1. The Morgan fingerprint density at radius 1 is 1.26 bits per heavy atom. The average Bonchev–Trinajstić information content (AvgIpc) is 2.33. The summed E-state index contributed by atoms with van der Waals surface area (Å²) in [4.78, 5) is 35.2. The summed E-state index contributed by atoms with van der Waals surface area (Å²) in [6, 6.07) is 0. The van der Waals surface area contributed by atoms with E-state index < -0.39 is 11.5 Å². The number of nitrogens with one attached hydrogen (secondary N) is 2. The van der Waals surface area contributed by atoms with Gasteiger partial charge >= 0.3 is 5.97 Å². The Balaban J connectivity index is 4.14. The molecule has 0 aliphatic heterocycles. The number of carboxylic acids is 1. The van der Waals surface area contributed by atoms with E-state index in [0.717, 1.165) is 6.42 Å². The maximum absolute atomic E-state index is 11.7. The highest BCUT2D eigenvalue weighted by molar-refractivity contribution is 5.86.